The van der Waals surface area contributed by atoms with Gasteiger partial charge in [0, 0.05) is 20.9 Å². The van der Waals surface area contributed by atoms with Gasteiger partial charge in [-0.25, -0.2) is 9.48 Å². The Balaban J connectivity index is 2.32. The van der Waals surface area contributed by atoms with Gasteiger partial charge in [-0.3, -0.25) is 0 Å². The van der Waals surface area contributed by atoms with Crippen molar-refractivity contribution >= 4 is 30.0 Å². The molecule has 0 saturated carbocycles. The molecule has 0 aliphatic rings. The van der Waals surface area contributed by atoms with Crippen LogP contribution >= 0.6 is 15.9 Å². The molecule has 1 aromatic heterocycles. The van der Waals surface area contributed by atoms with Crippen LogP contribution in [0.5, 0.6) is 0 Å². The van der Waals surface area contributed by atoms with Crippen molar-refractivity contribution in [2.45, 2.75) is 45.9 Å². The van der Waals surface area contributed by atoms with Gasteiger partial charge in [-0.1, -0.05) is 19.6 Å². The highest BCUT2D eigenvalue weighted by atomic mass is 79.9. The third-order valence-electron chi connectivity index (χ3n) is 2.77. The molecule has 0 N–H and O–H groups in total. The van der Waals surface area contributed by atoms with E-state index >= 15 is 0 Å². The number of aromatic nitrogens is 2. The first-order valence-corrected chi connectivity index (χ1v) is 11.8. The lowest BCUT2D eigenvalue weighted by molar-refractivity contribution is -0.148. The highest BCUT2D eigenvalue weighted by Gasteiger charge is 2.13. The highest BCUT2D eigenvalue weighted by Crippen LogP contribution is 2.16. The number of carbonyl (C=O) groups is 1. The molecule has 22 heavy (non-hydrogen) atoms. The second-order valence-corrected chi connectivity index (χ2v) is 12.6. The van der Waals surface area contributed by atoms with Gasteiger partial charge >= 0.3 is 5.97 Å². The van der Waals surface area contributed by atoms with E-state index in [1.54, 1.807) is 11.6 Å². The number of carbonyl (C=O) groups excluding carboxylic acids is 1. The van der Waals surface area contributed by atoms with Crippen LogP contribution < -0.4 is 0 Å². The molecule has 6 nitrogen and oxygen atoms in total. The summed E-state index contributed by atoms with van der Waals surface area (Å²) in [6, 6.07) is 1.13. The van der Waals surface area contributed by atoms with Crippen LogP contribution in [0.4, 0.5) is 0 Å². The van der Waals surface area contributed by atoms with Crippen molar-refractivity contribution in [3.63, 3.8) is 0 Å². The minimum absolute atomic E-state index is 0.0696. The molecule has 0 spiro atoms. The molecule has 1 heterocycles. The maximum atomic E-state index is 11.2. The molecule has 0 saturated heterocycles. The molecule has 126 valence electrons. The van der Waals surface area contributed by atoms with E-state index < -0.39 is 8.07 Å². The molecule has 0 aliphatic heterocycles. The van der Waals surface area contributed by atoms with Gasteiger partial charge in [0.25, 0.3) is 0 Å². The number of rotatable bonds is 10. The SMILES string of the molecule is CCOC(=O)COCc1nn(COCC[Si](C)(C)C)cc1Br. The standard InChI is InChI=1S/C14H25BrN2O4Si/c1-5-21-14(18)10-20-9-13-12(15)8-17(16-13)11-19-6-7-22(2,3)4/h8H,5-7,9-11H2,1-4H3. The third-order valence-corrected chi connectivity index (χ3v) is 5.14. The average molecular weight is 393 g/mol. The van der Waals surface area contributed by atoms with Gasteiger partial charge in [0.2, 0.25) is 0 Å². The minimum Gasteiger partial charge on any atom is -0.464 e. The Bertz CT molecular complexity index is 474. The van der Waals surface area contributed by atoms with Gasteiger partial charge in [-0.15, -0.1) is 0 Å². The van der Waals surface area contributed by atoms with Crippen LogP contribution in [0.2, 0.25) is 25.7 Å². The summed E-state index contributed by atoms with van der Waals surface area (Å²) >= 11 is 3.43. The topological polar surface area (TPSA) is 62.6 Å². The monoisotopic (exact) mass is 392 g/mol. The molecule has 0 unspecified atom stereocenters. The summed E-state index contributed by atoms with van der Waals surface area (Å²) in [5.41, 5.74) is 0.734. The fourth-order valence-corrected chi connectivity index (χ4v) is 2.76. The van der Waals surface area contributed by atoms with Crippen LogP contribution in [0.15, 0.2) is 10.7 Å². The molecule has 0 fully saturated rings. The molecule has 0 aromatic carbocycles. The molecule has 0 amide bonds. The lowest BCUT2D eigenvalue weighted by Crippen LogP contribution is -2.22. The number of nitrogens with zero attached hydrogens (tertiary/aromatic N) is 2. The van der Waals surface area contributed by atoms with Crippen molar-refractivity contribution < 1.29 is 19.0 Å². The summed E-state index contributed by atoms with van der Waals surface area (Å²) in [4.78, 5) is 11.2. The zero-order chi connectivity index (χ0) is 16.6. The summed E-state index contributed by atoms with van der Waals surface area (Å²) in [6.45, 7) is 10.4. The van der Waals surface area contributed by atoms with E-state index in [0.29, 0.717) is 13.3 Å². The quantitative estimate of drug-likeness (QED) is 0.347. The first-order chi connectivity index (χ1) is 10.3. The fourth-order valence-electron chi connectivity index (χ4n) is 1.57. The van der Waals surface area contributed by atoms with Crippen LogP contribution in [0.25, 0.3) is 0 Å². The van der Waals surface area contributed by atoms with Gasteiger partial charge < -0.3 is 14.2 Å². The molecule has 0 aliphatic carbocycles. The molecule has 1 aromatic rings. The van der Waals surface area contributed by atoms with E-state index in [0.717, 1.165) is 22.8 Å². The number of esters is 1. The lowest BCUT2D eigenvalue weighted by Gasteiger charge is -2.15. The minimum atomic E-state index is -1.06. The Morgan fingerprint density at radius 3 is 2.73 bits per heavy atom. The zero-order valence-corrected chi connectivity index (χ0v) is 16.3. The third kappa shape index (κ3) is 8.07. The highest BCUT2D eigenvalue weighted by molar-refractivity contribution is 9.10. The summed E-state index contributed by atoms with van der Waals surface area (Å²) in [7, 11) is -1.06. The summed E-state index contributed by atoms with van der Waals surface area (Å²) in [5.74, 6) is -0.368. The summed E-state index contributed by atoms with van der Waals surface area (Å²) in [6.07, 6.45) is 1.84. The average Bonchev–Trinajstić information content (AvgIpc) is 2.75. The van der Waals surface area contributed by atoms with Crippen molar-refractivity contribution in [1.82, 2.24) is 9.78 Å². The number of hydrogen-bond acceptors (Lipinski definition) is 5. The Morgan fingerprint density at radius 2 is 2.09 bits per heavy atom. The second-order valence-electron chi connectivity index (χ2n) is 6.11. The lowest BCUT2D eigenvalue weighted by atomic mass is 10.5. The van der Waals surface area contributed by atoms with E-state index in [2.05, 4.69) is 40.7 Å². The molecule has 0 bridgehead atoms. The maximum Gasteiger partial charge on any atom is 0.332 e. The Hall–Kier alpha value is -0.703. The first kappa shape index (κ1) is 19.3. The van der Waals surface area contributed by atoms with Crippen molar-refractivity contribution in [3.05, 3.63) is 16.4 Å². The Morgan fingerprint density at radius 1 is 1.36 bits per heavy atom. The number of halogens is 1. The van der Waals surface area contributed by atoms with Crippen LogP contribution in [0.1, 0.15) is 12.6 Å². The molecular weight excluding hydrogens is 368 g/mol. The van der Waals surface area contributed by atoms with E-state index in [1.807, 2.05) is 6.20 Å². The normalized spacial score (nSPS) is 11.7. The van der Waals surface area contributed by atoms with E-state index in [9.17, 15) is 4.79 Å². The second kappa shape index (κ2) is 9.44. The number of hydrogen-bond donors (Lipinski definition) is 0. The maximum absolute atomic E-state index is 11.2. The Labute approximate surface area is 141 Å². The van der Waals surface area contributed by atoms with Gasteiger partial charge in [-0.2, -0.15) is 5.10 Å². The molecule has 8 heteroatoms. The largest absolute Gasteiger partial charge is 0.464 e. The molecule has 0 radical (unpaired) electrons. The summed E-state index contributed by atoms with van der Waals surface area (Å²) in [5, 5.41) is 4.37. The first-order valence-electron chi connectivity index (χ1n) is 7.35. The smallest absolute Gasteiger partial charge is 0.332 e. The van der Waals surface area contributed by atoms with E-state index in [1.165, 1.54) is 0 Å². The Kier molecular flexibility index (Phi) is 8.30. The molecular formula is C14H25BrN2O4Si. The molecule has 0 atom stereocenters. The van der Waals surface area contributed by atoms with Gasteiger partial charge in [-0.05, 0) is 28.9 Å². The fraction of sp³-hybridized carbons (Fsp3) is 0.714. The van der Waals surface area contributed by atoms with Gasteiger partial charge in [0.15, 0.2) is 0 Å². The van der Waals surface area contributed by atoms with Crippen LogP contribution in [0, 0.1) is 0 Å². The zero-order valence-electron chi connectivity index (χ0n) is 13.7. The van der Waals surface area contributed by atoms with Crippen LogP contribution in [-0.2, 0) is 32.3 Å². The van der Waals surface area contributed by atoms with Crippen LogP contribution in [-0.4, -0.2) is 43.6 Å². The van der Waals surface area contributed by atoms with Crippen molar-refractivity contribution in [3.8, 4) is 0 Å². The van der Waals surface area contributed by atoms with Gasteiger partial charge in [0.05, 0.1) is 17.7 Å². The van der Waals surface area contributed by atoms with Gasteiger partial charge in [0.1, 0.15) is 19.0 Å². The van der Waals surface area contributed by atoms with E-state index in [4.69, 9.17) is 14.2 Å². The predicted molar refractivity (Wildman–Crippen MR) is 90.3 cm³/mol. The van der Waals surface area contributed by atoms with E-state index in [-0.39, 0.29) is 19.2 Å². The van der Waals surface area contributed by atoms with Crippen molar-refractivity contribution in [2.75, 3.05) is 19.8 Å². The molecule has 1 rings (SSSR count). The summed E-state index contributed by atoms with van der Waals surface area (Å²) < 4.78 is 18.3. The number of ether oxygens (including phenoxy) is 3. The predicted octanol–water partition coefficient (Wildman–Crippen LogP) is 3.04. The van der Waals surface area contributed by atoms with Crippen LogP contribution in [0.3, 0.4) is 0 Å². The van der Waals surface area contributed by atoms with Crippen molar-refractivity contribution in [2.24, 2.45) is 0 Å². The van der Waals surface area contributed by atoms with Crippen molar-refractivity contribution in [1.29, 1.82) is 0 Å².